The second-order valence-corrected chi connectivity index (χ2v) is 5.60. The van der Waals surface area contributed by atoms with Gasteiger partial charge in [0.2, 0.25) is 5.91 Å². The number of nitrogens with one attached hydrogen (secondary N) is 1. The maximum absolute atomic E-state index is 11.5. The molecule has 2 N–H and O–H groups in total. The highest BCUT2D eigenvalue weighted by Gasteiger charge is 2.18. The summed E-state index contributed by atoms with van der Waals surface area (Å²) < 4.78 is 0. The first-order chi connectivity index (χ1) is 10.0. The summed E-state index contributed by atoms with van der Waals surface area (Å²) in [5, 5.41) is 13.3. The van der Waals surface area contributed by atoms with Gasteiger partial charge in [0.1, 0.15) is 5.75 Å². The van der Waals surface area contributed by atoms with E-state index < -0.39 is 0 Å². The molecule has 0 spiro atoms. The first-order valence-corrected chi connectivity index (χ1v) is 7.53. The summed E-state index contributed by atoms with van der Waals surface area (Å²) in [5.41, 5.74) is 1.92. The van der Waals surface area contributed by atoms with Crippen LogP contribution in [0, 0.1) is 0 Å². The Bertz CT molecular complexity index is 504. The summed E-state index contributed by atoms with van der Waals surface area (Å²) in [4.78, 5) is 15.6. The first kappa shape index (κ1) is 15.6. The number of rotatable bonds is 3. The van der Waals surface area contributed by atoms with Crippen LogP contribution in [0.5, 0.6) is 5.75 Å². The summed E-state index contributed by atoms with van der Waals surface area (Å²) in [6, 6.07) is 5.97. The summed E-state index contributed by atoms with van der Waals surface area (Å²) in [5.74, 6) is 0.458. The standard InChI is InChI=1S/C16H25N3O2/c1-12(17-3)15-6-5-14(11-16(15)21)19-8-4-7-18(9-10-19)13(2)20/h5-6,11-12,17,21H,4,7-10H2,1-3H3. The molecule has 1 saturated heterocycles. The summed E-state index contributed by atoms with van der Waals surface area (Å²) in [6.45, 7) is 6.91. The van der Waals surface area contributed by atoms with Gasteiger partial charge in [-0.25, -0.2) is 0 Å². The molecular weight excluding hydrogens is 266 g/mol. The number of nitrogens with zero attached hydrogens (tertiary/aromatic N) is 2. The molecule has 0 aromatic heterocycles. The van der Waals surface area contributed by atoms with Gasteiger partial charge in [0.05, 0.1) is 0 Å². The smallest absolute Gasteiger partial charge is 0.219 e. The molecule has 1 aromatic rings. The van der Waals surface area contributed by atoms with Crippen molar-refractivity contribution in [3.8, 4) is 5.75 Å². The van der Waals surface area contributed by atoms with Gasteiger partial charge >= 0.3 is 0 Å². The highest BCUT2D eigenvalue weighted by atomic mass is 16.3. The van der Waals surface area contributed by atoms with Crippen LogP contribution in [-0.2, 0) is 4.79 Å². The van der Waals surface area contributed by atoms with E-state index in [1.165, 1.54) is 0 Å². The maximum Gasteiger partial charge on any atom is 0.219 e. The molecule has 5 nitrogen and oxygen atoms in total. The van der Waals surface area contributed by atoms with E-state index in [4.69, 9.17) is 0 Å². The summed E-state index contributed by atoms with van der Waals surface area (Å²) >= 11 is 0. The van der Waals surface area contributed by atoms with E-state index in [1.54, 1.807) is 6.92 Å². The molecule has 21 heavy (non-hydrogen) atoms. The highest BCUT2D eigenvalue weighted by molar-refractivity contribution is 5.73. The summed E-state index contributed by atoms with van der Waals surface area (Å²) in [7, 11) is 1.88. The molecule has 116 valence electrons. The Hall–Kier alpha value is -1.75. The van der Waals surface area contributed by atoms with Crippen LogP contribution in [0.25, 0.3) is 0 Å². The van der Waals surface area contributed by atoms with Crippen molar-refractivity contribution in [1.29, 1.82) is 0 Å². The zero-order chi connectivity index (χ0) is 15.4. The second kappa shape index (κ2) is 6.80. The van der Waals surface area contributed by atoms with Crippen molar-refractivity contribution in [3.05, 3.63) is 23.8 Å². The van der Waals surface area contributed by atoms with Crippen molar-refractivity contribution in [2.45, 2.75) is 26.3 Å². The van der Waals surface area contributed by atoms with Crippen molar-refractivity contribution >= 4 is 11.6 Å². The predicted octanol–water partition coefficient (Wildman–Crippen LogP) is 1.73. The number of hydrogen-bond acceptors (Lipinski definition) is 4. The molecule has 0 aliphatic carbocycles. The van der Waals surface area contributed by atoms with Crippen LogP contribution in [-0.4, -0.2) is 49.1 Å². The maximum atomic E-state index is 11.5. The third kappa shape index (κ3) is 3.67. The second-order valence-electron chi connectivity index (χ2n) is 5.60. The fourth-order valence-electron chi connectivity index (χ4n) is 2.74. The van der Waals surface area contributed by atoms with Crippen molar-refractivity contribution in [2.24, 2.45) is 0 Å². The Morgan fingerprint density at radius 3 is 2.67 bits per heavy atom. The van der Waals surface area contributed by atoms with E-state index >= 15 is 0 Å². The van der Waals surface area contributed by atoms with Crippen molar-refractivity contribution < 1.29 is 9.90 Å². The van der Waals surface area contributed by atoms with E-state index in [0.29, 0.717) is 5.75 Å². The van der Waals surface area contributed by atoms with Crippen LogP contribution in [0.1, 0.15) is 31.9 Å². The average Bonchev–Trinajstić information content (AvgIpc) is 2.72. The van der Waals surface area contributed by atoms with Gasteiger partial charge in [-0.05, 0) is 26.5 Å². The topological polar surface area (TPSA) is 55.8 Å². The predicted molar refractivity (Wildman–Crippen MR) is 84.7 cm³/mol. The van der Waals surface area contributed by atoms with Gasteiger partial charge in [0, 0.05) is 56.5 Å². The molecule has 0 saturated carbocycles. The molecule has 1 aromatic carbocycles. The number of carbonyl (C=O) groups excluding carboxylic acids is 1. The fourth-order valence-corrected chi connectivity index (χ4v) is 2.74. The fraction of sp³-hybridized carbons (Fsp3) is 0.562. The van der Waals surface area contributed by atoms with Crippen molar-refractivity contribution in [2.75, 3.05) is 38.1 Å². The van der Waals surface area contributed by atoms with Crippen molar-refractivity contribution in [3.63, 3.8) is 0 Å². The molecule has 1 aliphatic heterocycles. The molecule has 1 fully saturated rings. The van der Waals surface area contributed by atoms with Gasteiger partial charge in [-0.3, -0.25) is 4.79 Å². The van der Waals surface area contributed by atoms with Crippen LogP contribution < -0.4 is 10.2 Å². The Balaban J connectivity index is 2.11. The van der Waals surface area contributed by atoms with E-state index in [1.807, 2.05) is 37.1 Å². The molecule has 5 heteroatoms. The zero-order valence-corrected chi connectivity index (χ0v) is 13.1. The lowest BCUT2D eigenvalue weighted by Gasteiger charge is -2.24. The monoisotopic (exact) mass is 291 g/mol. The number of amides is 1. The third-order valence-corrected chi connectivity index (χ3v) is 4.22. The molecular formula is C16H25N3O2. The molecule has 1 amide bonds. The average molecular weight is 291 g/mol. The number of phenolic OH excluding ortho intramolecular Hbond substituents is 1. The minimum absolute atomic E-state index is 0.122. The zero-order valence-electron chi connectivity index (χ0n) is 13.1. The number of anilines is 1. The number of aromatic hydroxyl groups is 1. The van der Waals surface area contributed by atoms with Crippen molar-refractivity contribution in [1.82, 2.24) is 10.2 Å². The lowest BCUT2D eigenvalue weighted by Crippen LogP contribution is -2.33. The largest absolute Gasteiger partial charge is 0.508 e. The van der Waals surface area contributed by atoms with E-state index in [2.05, 4.69) is 10.2 Å². The highest BCUT2D eigenvalue weighted by Crippen LogP contribution is 2.29. The number of carbonyl (C=O) groups is 1. The van der Waals surface area contributed by atoms with E-state index in [-0.39, 0.29) is 11.9 Å². The molecule has 1 unspecified atom stereocenters. The van der Waals surface area contributed by atoms with Gasteiger partial charge in [-0.1, -0.05) is 6.07 Å². The Labute approximate surface area is 126 Å². The molecule has 1 aliphatic rings. The molecule has 0 radical (unpaired) electrons. The minimum atomic E-state index is 0.122. The quantitative estimate of drug-likeness (QED) is 0.890. The van der Waals surface area contributed by atoms with E-state index in [9.17, 15) is 9.90 Å². The Morgan fingerprint density at radius 1 is 1.29 bits per heavy atom. The van der Waals surface area contributed by atoms with Gasteiger partial charge in [-0.2, -0.15) is 0 Å². The number of hydrogen-bond donors (Lipinski definition) is 2. The molecule has 2 rings (SSSR count). The van der Waals surface area contributed by atoms with E-state index in [0.717, 1.165) is 43.9 Å². The van der Waals surface area contributed by atoms with Gasteiger partial charge in [-0.15, -0.1) is 0 Å². The van der Waals surface area contributed by atoms with Crippen LogP contribution in [0.4, 0.5) is 5.69 Å². The Morgan fingerprint density at radius 2 is 2.05 bits per heavy atom. The van der Waals surface area contributed by atoms with Crippen LogP contribution in [0.15, 0.2) is 18.2 Å². The van der Waals surface area contributed by atoms with Gasteiger partial charge < -0.3 is 20.2 Å². The van der Waals surface area contributed by atoms with Gasteiger partial charge in [0.15, 0.2) is 0 Å². The SMILES string of the molecule is CNC(C)c1ccc(N2CCCN(C(C)=O)CC2)cc1O. The van der Waals surface area contributed by atoms with Crippen LogP contribution in [0.2, 0.25) is 0 Å². The number of benzene rings is 1. The lowest BCUT2D eigenvalue weighted by molar-refractivity contribution is -0.128. The molecule has 0 bridgehead atoms. The summed E-state index contributed by atoms with van der Waals surface area (Å²) in [6.07, 6.45) is 0.953. The van der Waals surface area contributed by atoms with Crippen LogP contribution in [0.3, 0.4) is 0 Å². The lowest BCUT2D eigenvalue weighted by atomic mass is 10.1. The van der Waals surface area contributed by atoms with Crippen LogP contribution >= 0.6 is 0 Å². The third-order valence-electron chi connectivity index (χ3n) is 4.22. The van der Waals surface area contributed by atoms with Gasteiger partial charge in [0.25, 0.3) is 0 Å². The minimum Gasteiger partial charge on any atom is -0.508 e. The Kier molecular flexibility index (Phi) is 5.07. The molecule has 1 heterocycles. The first-order valence-electron chi connectivity index (χ1n) is 7.53. The molecule has 1 atom stereocenters. The number of phenols is 1. The normalized spacial score (nSPS) is 17.5.